The van der Waals surface area contributed by atoms with Gasteiger partial charge < -0.3 is 24.5 Å². The molecule has 0 radical (unpaired) electrons. The Kier molecular flexibility index (Phi) is 5.97. The van der Waals surface area contributed by atoms with Gasteiger partial charge in [0.1, 0.15) is 12.0 Å². The lowest BCUT2D eigenvalue weighted by Crippen LogP contribution is -2.49. The van der Waals surface area contributed by atoms with Crippen molar-refractivity contribution in [3.05, 3.63) is 29.8 Å². The molecule has 4 rings (SSSR count). The third-order valence-electron chi connectivity index (χ3n) is 6.60. The van der Waals surface area contributed by atoms with Gasteiger partial charge in [0.25, 0.3) is 0 Å². The first-order chi connectivity index (χ1) is 13.7. The number of fused-ring (bicyclic) bond motifs is 2. The highest BCUT2D eigenvalue weighted by atomic mass is 16.5. The predicted molar refractivity (Wildman–Crippen MR) is 105 cm³/mol. The van der Waals surface area contributed by atoms with Crippen molar-refractivity contribution in [2.24, 2.45) is 11.8 Å². The van der Waals surface area contributed by atoms with Crippen molar-refractivity contribution in [3.8, 4) is 5.75 Å². The van der Waals surface area contributed by atoms with E-state index in [-0.39, 0.29) is 36.0 Å². The number of benzene rings is 1. The van der Waals surface area contributed by atoms with Crippen molar-refractivity contribution >= 4 is 12.2 Å². The van der Waals surface area contributed by atoms with Crippen molar-refractivity contribution in [1.82, 2.24) is 10.2 Å². The van der Waals surface area contributed by atoms with Gasteiger partial charge >= 0.3 is 0 Å². The number of carbonyl (C=O) groups is 2. The molecule has 3 saturated heterocycles. The van der Waals surface area contributed by atoms with E-state index in [0.717, 1.165) is 63.8 Å². The summed E-state index contributed by atoms with van der Waals surface area (Å²) in [6, 6.07) is 8.45. The summed E-state index contributed by atoms with van der Waals surface area (Å²) in [6.45, 7) is 3.01. The van der Waals surface area contributed by atoms with Crippen LogP contribution in [0, 0.1) is 11.8 Å². The molecule has 2 unspecified atom stereocenters. The number of ether oxygens (including phenoxy) is 2. The molecule has 1 aromatic carbocycles. The molecular weight excluding hydrogens is 356 g/mol. The van der Waals surface area contributed by atoms with Crippen molar-refractivity contribution in [3.63, 3.8) is 0 Å². The van der Waals surface area contributed by atoms with Gasteiger partial charge in [-0.15, -0.1) is 0 Å². The maximum atomic E-state index is 12.7. The quantitative estimate of drug-likeness (QED) is 0.724. The monoisotopic (exact) mass is 386 g/mol. The van der Waals surface area contributed by atoms with Crippen LogP contribution in [0.15, 0.2) is 24.3 Å². The zero-order chi connectivity index (χ0) is 19.5. The van der Waals surface area contributed by atoms with E-state index in [9.17, 15) is 9.59 Å². The minimum absolute atomic E-state index is 0.0148. The third-order valence-corrected chi connectivity index (χ3v) is 6.60. The van der Waals surface area contributed by atoms with Crippen LogP contribution in [0.25, 0.3) is 0 Å². The smallest absolute Gasteiger partial charge is 0.226 e. The number of hydrogen-bond acceptors (Lipinski definition) is 5. The summed E-state index contributed by atoms with van der Waals surface area (Å²) in [5.41, 5.74) is 1.31. The number of methoxy groups -OCH3 is 1. The Morgan fingerprint density at radius 2 is 1.89 bits per heavy atom. The van der Waals surface area contributed by atoms with Crippen LogP contribution in [0.3, 0.4) is 0 Å². The molecule has 0 aromatic heterocycles. The molecule has 28 heavy (non-hydrogen) atoms. The number of amides is 1. The molecule has 3 aliphatic rings. The molecule has 3 aliphatic heterocycles. The van der Waals surface area contributed by atoms with Crippen LogP contribution in [-0.2, 0) is 20.7 Å². The lowest BCUT2D eigenvalue weighted by molar-refractivity contribution is -0.131. The summed E-state index contributed by atoms with van der Waals surface area (Å²) in [5.74, 6) is 0.353. The molecule has 0 saturated carbocycles. The fourth-order valence-corrected chi connectivity index (χ4v) is 4.91. The largest absolute Gasteiger partial charge is 0.497 e. The van der Waals surface area contributed by atoms with E-state index >= 15 is 0 Å². The SMILES string of the molecule is COc1ccc(CCN2CCC(NC(=O)C3C(C=O)[C@H]4CC[C@@H]3O4)CC2)cc1. The van der Waals surface area contributed by atoms with Gasteiger partial charge in [-0.3, -0.25) is 4.79 Å². The average Bonchev–Trinajstić information content (AvgIpc) is 3.35. The Bertz CT molecular complexity index is 684. The maximum absolute atomic E-state index is 12.7. The van der Waals surface area contributed by atoms with E-state index in [1.807, 2.05) is 12.1 Å². The minimum Gasteiger partial charge on any atom is -0.497 e. The molecule has 0 aliphatic carbocycles. The first-order valence-electron chi connectivity index (χ1n) is 10.4. The first-order valence-corrected chi connectivity index (χ1v) is 10.4. The Labute approximate surface area is 166 Å². The molecule has 4 atom stereocenters. The number of hydrogen-bond donors (Lipinski definition) is 1. The molecule has 6 nitrogen and oxygen atoms in total. The van der Waals surface area contributed by atoms with Crippen LogP contribution in [0.4, 0.5) is 0 Å². The van der Waals surface area contributed by atoms with Gasteiger partial charge in [0.15, 0.2) is 0 Å². The zero-order valence-corrected chi connectivity index (χ0v) is 16.5. The molecule has 152 valence electrons. The average molecular weight is 386 g/mol. The summed E-state index contributed by atoms with van der Waals surface area (Å²) in [6.07, 6.45) is 5.56. The van der Waals surface area contributed by atoms with E-state index in [0.29, 0.717) is 0 Å². The summed E-state index contributed by atoms with van der Waals surface area (Å²) >= 11 is 0. The minimum atomic E-state index is -0.288. The van der Waals surface area contributed by atoms with Crippen LogP contribution in [-0.4, -0.2) is 62.1 Å². The van der Waals surface area contributed by atoms with Crippen LogP contribution >= 0.6 is 0 Å². The fourth-order valence-electron chi connectivity index (χ4n) is 4.91. The van der Waals surface area contributed by atoms with Gasteiger partial charge in [-0.2, -0.15) is 0 Å². The van der Waals surface area contributed by atoms with Gasteiger partial charge in [-0.05, 0) is 49.8 Å². The van der Waals surface area contributed by atoms with Gasteiger partial charge in [0.2, 0.25) is 5.91 Å². The number of nitrogens with zero attached hydrogens (tertiary/aromatic N) is 1. The molecular formula is C22H30N2O4. The summed E-state index contributed by atoms with van der Waals surface area (Å²) in [4.78, 5) is 26.6. The molecule has 1 aromatic rings. The van der Waals surface area contributed by atoms with Crippen LogP contribution < -0.4 is 10.1 Å². The molecule has 1 amide bonds. The Morgan fingerprint density at radius 3 is 2.57 bits per heavy atom. The highest BCUT2D eigenvalue weighted by Crippen LogP contribution is 2.42. The summed E-state index contributed by atoms with van der Waals surface area (Å²) in [7, 11) is 1.68. The van der Waals surface area contributed by atoms with Crippen molar-refractivity contribution in [2.45, 2.75) is 50.4 Å². The lowest BCUT2D eigenvalue weighted by atomic mass is 9.79. The first kappa shape index (κ1) is 19.4. The van der Waals surface area contributed by atoms with Gasteiger partial charge in [-0.1, -0.05) is 12.1 Å². The second kappa shape index (κ2) is 8.62. The van der Waals surface area contributed by atoms with E-state index in [1.54, 1.807) is 7.11 Å². The van der Waals surface area contributed by atoms with Gasteiger partial charge in [0.05, 0.1) is 31.2 Å². The van der Waals surface area contributed by atoms with E-state index < -0.39 is 0 Å². The standard InChI is InChI=1S/C22H30N2O4/c1-27-17-4-2-15(3-5-17)8-11-24-12-9-16(10-13-24)23-22(26)21-18(14-25)19-6-7-20(21)28-19/h2-5,14,16,18-21H,6-13H2,1H3,(H,23,26)/t18?,19-,20+,21?/m1/s1. The van der Waals surface area contributed by atoms with Crippen molar-refractivity contribution in [2.75, 3.05) is 26.7 Å². The van der Waals surface area contributed by atoms with E-state index in [4.69, 9.17) is 9.47 Å². The van der Waals surface area contributed by atoms with Crippen molar-refractivity contribution in [1.29, 1.82) is 0 Å². The number of carbonyl (C=O) groups excluding carboxylic acids is 2. The topological polar surface area (TPSA) is 67.9 Å². The Morgan fingerprint density at radius 1 is 1.18 bits per heavy atom. The van der Waals surface area contributed by atoms with Crippen LogP contribution in [0.2, 0.25) is 0 Å². The molecule has 3 fully saturated rings. The molecule has 1 N–H and O–H groups in total. The van der Waals surface area contributed by atoms with Gasteiger partial charge in [-0.25, -0.2) is 0 Å². The number of nitrogens with one attached hydrogen (secondary N) is 1. The maximum Gasteiger partial charge on any atom is 0.226 e. The number of piperidine rings is 1. The number of aldehydes is 1. The second-order valence-corrected chi connectivity index (χ2v) is 8.25. The Hall–Kier alpha value is -1.92. The number of rotatable bonds is 7. The normalized spacial score (nSPS) is 30.3. The van der Waals surface area contributed by atoms with E-state index in [1.165, 1.54) is 5.56 Å². The summed E-state index contributed by atoms with van der Waals surface area (Å²) in [5, 5.41) is 3.20. The highest BCUT2D eigenvalue weighted by molar-refractivity contribution is 5.83. The Balaban J connectivity index is 1.21. The van der Waals surface area contributed by atoms with E-state index in [2.05, 4.69) is 22.3 Å². The van der Waals surface area contributed by atoms with Crippen LogP contribution in [0.1, 0.15) is 31.2 Å². The molecule has 3 heterocycles. The molecule has 2 bridgehead atoms. The second-order valence-electron chi connectivity index (χ2n) is 8.25. The third kappa shape index (κ3) is 4.08. The lowest BCUT2D eigenvalue weighted by Gasteiger charge is -2.33. The molecule has 6 heteroatoms. The zero-order valence-electron chi connectivity index (χ0n) is 16.5. The highest BCUT2D eigenvalue weighted by Gasteiger charge is 2.52. The number of likely N-dealkylation sites (tertiary alicyclic amines) is 1. The van der Waals surface area contributed by atoms with Crippen molar-refractivity contribution < 1.29 is 19.1 Å². The fraction of sp³-hybridized carbons (Fsp3) is 0.636. The predicted octanol–water partition coefficient (Wildman–Crippen LogP) is 1.81. The molecule has 0 spiro atoms. The van der Waals surface area contributed by atoms with Gasteiger partial charge in [0, 0.05) is 25.7 Å². The van der Waals surface area contributed by atoms with Crippen LogP contribution in [0.5, 0.6) is 5.75 Å². The summed E-state index contributed by atoms with van der Waals surface area (Å²) < 4.78 is 11.0.